The van der Waals surface area contributed by atoms with Gasteiger partial charge in [-0.2, -0.15) is 6.07 Å². The first-order chi connectivity index (χ1) is 11.4. The molecule has 148 valence electrons. The zero-order chi connectivity index (χ0) is 17.7. The molecule has 0 bridgehead atoms. The minimum Gasteiger partial charge on any atom is -0.397 e. The Balaban J connectivity index is 0. The maximum atomic E-state index is 7.57. The second-order valence-corrected chi connectivity index (χ2v) is 7.17. The van der Waals surface area contributed by atoms with Crippen molar-refractivity contribution in [2.24, 2.45) is 0 Å². The second kappa shape index (κ2) is 12.4. The van der Waals surface area contributed by atoms with Gasteiger partial charge in [-0.15, -0.1) is 34.5 Å². The molecule has 0 saturated heterocycles. The van der Waals surface area contributed by atoms with E-state index in [0.717, 1.165) is 6.42 Å². The molecule has 0 spiro atoms. The molecule has 1 nitrogen and oxygen atoms in total. The van der Waals surface area contributed by atoms with Crippen molar-refractivity contribution < 1.29 is 30.9 Å². The normalized spacial score (nSPS) is 10.0. The minimum atomic E-state index is 0. The Morgan fingerprint density at radius 1 is 0.926 bits per heavy atom. The Labute approximate surface area is 186 Å². The third-order valence-corrected chi connectivity index (χ3v) is 4.28. The number of hydrogen-bond acceptors (Lipinski definition) is 1. The summed E-state index contributed by atoms with van der Waals surface area (Å²) >= 11 is 0. The van der Waals surface area contributed by atoms with Crippen molar-refractivity contribution in [2.75, 3.05) is 6.61 Å². The van der Waals surface area contributed by atoms with E-state index in [4.69, 9.17) is 5.11 Å². The number of benzene rings is 2. The van der Waals surface area contributed by atoms with Crippen molar-refractivity contribution in [3.63, 3.8) is 0 Å². The van der Waals surface area contributed by atoms with Gasteiger partial charge in [-0.1, -0.05) is 63.6 Å². The molecule has 0 radical (unpaired) electrons. The van der Waals surface area contributed by atoms with Crippen LogP contribution in [0, 0.1) is 14.9 Å². The maximum absolute atomic E-state index is 7.57. The van der Waals surface area contributed by atoms with Crippen molar-refractivity contribution in [3.8, 4) is 11.1 Å². The molecule has 0 amide bonds. The Hall–Kier alpha value is -1.12. The molecule has 0 aliphatic rings. The van der Waals surface area contributed by atoms with Crippen LogP contribution >= 0.6 is 0 Å². The van der Waals surface area contributed by atoms with Crippen LogP contribution in [-0.2, 0) is 37.7 Å². The fourth-order valence-electron chi connectivity index (χ4n) is 2.90. The summed E-state index contributed by atoms with van der Waals surface area (Å²) < 4.78 is 0. The minimum absolute atomic E-state index is 0. The molecule has 0 fully saturated rings. The molecule has 0 aromatic heterocycles. The van der Waals surface area contributed by atoms with Gasteiger partial charge in [0.2, 0.25) is 0 Å². The molecule has 0 aliphatic heterocycles. The molecule has 27 heavy (non-hydrogen) atoms. The van der Waals surface area contributed by atoms with Gasteiger partial charge in [-0.3, -0.25) is 0 Å². The van der Waals surface area contributed by atoms with Crippen LogP contribution in [0.1, 0.15) is 45.7 Å². The topological polar surface area (TPSA) is 20.2 Å². The van der Waals surface area contributed by atoms with Crippen LogP contribution in [0.3, 0.4) is 0 Å². The van der Waals surface area contributed by atoms with Crippen molar-refractivity contribution in [1.82, 2.24) is 0 Å². The smallest absolute Gasteiger partial charge is 0.0402 e. The summed E-state index contributed by atoms with van der Waals surface area (Å²) in [6.45, 7) is 10.9. The summed E-state index contributed by atoms with van der Waals surface area (Å²) in [5, 5.41) is 10.3. The maximum Gasteiger partial charge on any atom is 0.0402 e. The molecular formula is C25H35HfO-3. The standard InChI is InChI=1S/C21H23.C2H6O.2CH3.Hf/c1-5-15-13-17-7-6-8-19(20(17)14-15)16-9-11-18(12-10-16)21(2,3)4;1-2-3;;;/h6-14H,5H2,1-4H3;3H,2H2,1H3;2*1H3;/q-1;;2*-1;. The van der Waals surface area contributed by atoms with Crippen LogP contribution in [0.5, 0.6) is 0 Å². The Kier molecular flexibility index (Phi) is 12.9. The SMILES string of the molecule is CCO.CCc1cc2c(-c3ccc(C(C)(C)C)cc3)cccc2[cH-]1.[CH3-].[CH3-].[Hf]. The van der Waals surface area contributed by atoms with Gasteiger partial charge >= 0.3 is 0 Å². The van der Waals surface area contributed by atoms with Crippen LogP contribution in [0.15, 0.2) is 54.6 Å². The monoisotopic (exact) mass is 531 g/mol. The summed E-state index contributed by atoms with van der Waals surface area (Å²) in [7, 11) is 0. The predicted octanol–water partition coefficient (Wildman–Crippen LogP) is 6.98. The van der Waals surface area contributed by atoms with Crippen molar-refractivity contribution in [2.45, 2.75) is 46.5 Å². The van der Waals surface area contributed by atoms with E-state index < -0.39 is 0 Å². The van der Waals surface area contributed by atoms with Crippen LogP contribution in [-0.4, -0.2) is 11.7 Å². The molecule has 3 aromatic carbocycles. The largest absolute Gasteiger partial charge is 0.397 e. The molecule has 0 saturated carbocycles. The second-order valence-electron chi connectivity index (χ2n) is 7.17. The first-order valence-electron chi connectivity index (χ1n) is 8.80. The number of hydrogen-bond donors (Lipinski definition) is 1. The number of aryl methyl sites for hydroxylation is 1. The molecule has 1 N–H and O–H groups in total. The average molecular weight is 530 g/mol. The Morgan fingerprint density at radius 3 is 1.96 bits per heavy atom. The number of rotatable bonds is 2. The van der Waals surface area contributed by atoms with Crippen LogP contribution in [0.25, 0.3) is 21.9 Å². The van der Waals surface area contributed by atoms with Crippen LogP contribution in [0.2, 0.25) is 0 Å². The third kappa shape index (κ3) is 7.08. The third-order valence-electron chi connectivity index (χ3n) is 4.28. The summed E-state index contributed by atoms with van der Waals surface area (Å²) in [4.78, 5) is 0. The quantitative estimate of drug-likeness (QED) is 0.280. The zero-order valence-corrected chi connectivity index (χ0v) is 21.7. The fourth-order valence-corrected chi connectivity index (χ4v) is 2.90. The summed E-state index contributed by atoms with van der Waals surface area (Å²) in [6, 6.07) is 20.3. The van der Waals surface area contributed by atoms with Crippen molar-refractivity contribution >= 4 is 10.8 Å². The molecule has 0 aliphatic carbocycles. The molecule has 0 unspecified atom stereocenters. The van der Waals surface area contributed by atoms with Gasteiger partial charge in [0.05, 0.1) is 0 Å². The van der Waals surface area contributed by atoms with E-state index in [0.29, 0.717) is 0 Å². The average Bonchev–Trinajstić information content (AvgIpc) is 2.98. The Morgan fingerprint density at radius 2 is 1.48 bits per heavy atom. The van der Waals surface area contributed by atoms with E-state index >= 15 is 0 Å². The summed E-state index contributed by atoms with van der Waals surface area (Å²) in [6.07, 6.45) is 1.09. The van der Waals surface area contributed by atoms with E-state index in [1.807, 2.05) is 0 Å². The van der Waals surface area contributed by atoms with Gasteiger partial charge in [-0.05, 0) is 29.9 Å². The number of fused-ring (bicyclic) bond motifs is 1. The Bertz CT molecular complexity index is 776. The van der Waals surface area contributed by atoms with E-state index in [9.17, 15) is 0 Å². The fraction of sp³-hybridized carbons (Fsp3) is 0.320. The molecule has 0 atom stereocenters. The van der Waals surface area contributed by atoms with E-state index in [2.05, 4.69) is 82.3 Å². The first kappa shape index (κ1) is 28.1. The van der Waals surface area contributed by atoms with E-state index in [1.165, 1.54) is 33.0 Å². The van der Waals surface area contributed by atoms with Gasteiger partial charge in [-0.25, -0.2) is 0 Å². The van der Waals surface area contributed by atoms with Gasteiger partial charge in [0.25, 0.3) is 0 Å². The van der Waals surface area contributed by atoms with Crippen molar-refractivity contribution in [1.29, 1.82) is 0 Å². The van der Waals surface area contributed by atoms with E-state index in [-0.39, 0.29) is 52.7 Å². The predicted molar refractivity (Wildman–Crippen MR) is 119 cm³/mol. The molecular weight excluding hydrogens is 495 g/mol. The molecule has 0 heterocycles. The summed E-state index contributed by atoms with van der Waals surface area (Å²) in [5.74, 6) is 0. The van der Waals surface area contributed by atoms with Crippen LogP contribution < -0.4 is 0 Å². The first-order valence-corrected chi connectivity index (χ1v) is 8.80. The summed E-state index contributed by atoms with van der Waals surface area (Å²) in [5.41, 5.74) is 5.66. The molecule has 2 heteroatoms. The molecule has 3 aromatic rings. The van der Waals surface area contributed by atoms with Gasteiger partial charge in [0.15, 0.2) is 0 Å². The number of aliphatic hydroxyl groups is 1. The van der Waals surface area contributed by atoms with Gasteiger partial charge in [0.1, 0.15) is 0 Å². The number of aliphatic hydroxyl groups excluding tert-OH is 1. The van der Waals surface area contributed by atoms with Crippen LogP contribution in [0.4, 0.5) is 0 Å². The van der Waals surface area contributed by atoms with E-state index in [1.54, 1.807) is 6.92 Å². The van der Waals surface area contributed by atoms with Gasteiger partial charge in [0, 0.05) is 32.5 Å². The molecule has 3 rings (SSSR count). The van der Waals surface area contributed by atoms with Gasteiger partial charge < -0.3 is 20.0 Å². The van der Waals surface area contributed by atoms with Crippen molar-refractivity contribution in [3.05, 3.63) is 80.6 Å². The zero-order valence-electron chi connectivity index (χ0n) is 18.1.